The van der Waals surface area contributed by atoms with Gasteiger partial charge < -0.3 is 10.3 Å². The zero-order valence-electron chi connectivity index (χ0n) is 11.7. The van der Waals surface area contributed by atoms with Crippen LogP contribution in [0.25, 0.3) is 11.5 Å². The summed E-state index contributed by atoms with van der Waals surface area (Å²) in [6.45, 7) is 4.52. The van der Waals surface area contributed by atoms with E-state index >= 15 is 0 Å². The Bertz CT molecular complexity index is 649. The normalized spacial score (nSPS) is 26.0. The number of hydrogen-bond donors (Lipinski definition) is 1. The molecule has 0 saturated carbocycles. The third kappa shape index (κ3) is 3.24. The molecule has 4 nitrogen and oxygen atoms in total. The summed E-state index contributed by atoms with van der Waals surface area (Å²) in [5, 5.41) is 5.70. The second-order valence-electron chi connectivity index (χ2n) is 5.06. The van der Waals surface area contributed by atoms with Crippen LogP contribution in [0.3, 0.4) is 0 Å². The highest BCUT2D eigenvalue weighted by Crippen LogP contribution is 2.43. The van der Waals surface area contributed by atoms with Crippen LogP contribution < -0.4 is 5.73 Å². The Morgan fingerprint density at radius 2 is 2.14 bits per heavy atom. The fraction of sp³-hybridized carbons (Fsp3) is 0.429. The van der Waals surface area contributed by atoms with Crippen molar-refractivity contribution in [1.82, 2.24) is 10.1 Å². The van der Waals surface area contributed by atoms with Gasteiger partial charge in [-0.05, 0) is 18.2 Å². The van der Waals surface area contributed by atoms with Gasteiger partial charge in [0.15, 0.2) is 5.82 Å². The van der Waals surface area contributed by atoms with Gasteiger partial charge in [-0.3, -0.25) is 0 Å². The van der Waals surface area contributed by atoms with Gasteiger partial charge in [0.25, 0.3) is 5.89 Å². The quantitative estimate of drug-likeness (QED) is 0.773. The highest BCUT2D eigenvalue weighted by molar-refractivity contribution is 9.10. The van der Waals surface area contributed by atoms with Crippen LogP contribution in [0.2, 0.25) is 0 Å². The molecule has 7 heteroatoms. The minimum atomic E-state index is 0.287. The molecule has 0 aliphatic carbocycles. The molecule has 1 aliphatic rings. The molecule has 1 fully saturated rings. The summed E-state index contributed by atoms with van der Waals surface area (Å²) in [6, 6.07) is 5.66. The maximum absolute atomic E-state index is 6.01. The minimum absolute atomic E-state index is 0.287. The van der Waals surface area contributed by atoms with Crippen molar-refractivity contribution in [3.05, 3.63) is 28.5 Å². The van der Waals surface area contributed by atoms with Gasteiger partial charge in [-0.15, -0.1) is 11.8 Å². The van der Waals surface area contributed by atoms with Gasteiger partial charge in [0.1, 0.15) is 0 Å². The van der Waals surface area contributed by atoms with Crippen molar-refractivity contribution >= 4 is 45.1 Å². The summed E-state index contributed by atoms with van der Waals surface area (Å²) in [4.78, 5) is 4.55. The van der Waals surface area contributed by atoms with Crippen LogP contribution in [0.4, 0.5) is 5.69 Å². The van der Waals surface area contributed by atoms with Crippen LogP contribution in [0, 0.1) is 0 Å². The van der Waals surface area contributed by atoms with Crippen molar-refractivity contribution in [1.29, 1.82) is 0 Å². The molecule has 0 bridgehead atoms. The molecule has 2 aromatic rings. The lowest BCUT2D eigenvalue weighted by Crippen LogP contribution is -2.22. The SMILES string of the molecule is CC1SCC(c2noc(-c3ccc(Br)cc3N)n2)SC1C. The first-order chi connectivity index (χ1) is 10.0. The average Bonchev–Trinajstić information content (AvgIpc) is 2.91. The molecule has 2 N–H and O–H groups in total. The Balaban J connectivity index is 1.83. The second kappa shape index (κ2) is 6.22. The van der Waals surface area contributed by atoms with Crippen LogP contribution >= 0.6 is 39.5 Å². The lowest BCUT2D eigenvalue weighted by molar-refractivity contribution is 0.423. The van der Waals surface area contributed by atoms with Crippen LogP contribution in [0.15, 0.2) is 27.2 Å². The first-order valence-corrected chi connectivity index (χ1v) is 9.49. The van der Waals surface area contributed by atoms with E-state index in [9.17, 15) is 0 Å². The molecule has 3 atom stereocenters. The van der Waals surface area contributed by atoms with Crippen LogP contribution in [0.5, 0.6) is 0 Å². The van der Waals surface area contributed by atoms with Crippen LogP contribution in [-0.4, -0.2) is 26.4 Å². The molecular formula is C14H16BrN3OS2. The molecule has 1 aromatic heterocycles. The lowest BCUT2D eigenvalue weighted by atomic mass is 10.2. The fourth-order valence-electron chi connectivity index (χ4n) is 2.12. The van der Waals surface area contributed by atoms with Gasteiger partial charge >= 0.3 is 0 Å². The van der Waals surface area contributed by atoms with Crippen molar-refractivity contribution in [3.63, 3.8) is 0 Å². The number of anilines is 1. The molecule has 3 unspecified atom stereocenters. The molecule has 1 aliphatic heterocycles. The summed E-state index contributed by atoms with van der Waals surface area (Å²) in [6.07, 6.45) is 0. The van der Waals surface area contributed by atoms with Crippen molar-refractivity contribution in [2.24, 2.45) is 0 Å². The number of nitrogens with two attached hydrogens (primary N) is 1. The first-order valence-electron chi connectivity index (χ1n) is 6.70. The molecule has 1 aromatic carbocycles. The van der Waals surface area contributed by atoms with Crippen molar-refractivity contribution in [2.75, 3.05) is 11.5 Å². The van der Waals surface area contributed by atoms with Gasteiger partial charge in [0, 0.05) is 26.4 Å². The predicted molar refractivity (Wildman–Crippen MR) is 93.6 cm³/mol. The van der Waals surface area contributed by atoms with Gasteiger partial charge in [0.2, 0.25) is 0 Å². The number of nitrogens with zero attached hydrogens (tertiary/aromatic N) is 2. The summed E-state index contributed by atoms with van der Waals surface area (Å²) in [7, 11) is 0. The Morgan fingerprint density at radius 1 is 1.33 bits per heavy atom. The number of nitrogen functional groups attached to an aromatic ring is 1. The molecular weight excluding hydrogens is 370 g/mol. The van der Waals surface area contributed by atoms with E-state index in [1.54, 1.807) is 0 Å². The molecule has 112 valence electrons. The standard InChI is InChI=1S/C14H16BrN3OS2/c1-7-8(2)21-12(6-20-7)13-17-14(19-18-13)10-4-3-9(15)5-11(10)16/h3-5,7-8,12H,6,16H2,1-2H3. The van der Waals surface area contributed by atoms with E-state index in [0.717, 1.165) is 21.6 Å². The molecule has 1 saturated heterocycles. The fourth-order valence-corrected chi connectivity index (χ4v) is 5.33. The zero-order valence-corrected chi connectivity index (χ0v) is 15.0. The molecule has 0 amide bonds. The van der Waals surface area contributed by atoms with Gasteiger partial charge in [-0.25, -0.2) is 0 Å². The van der Waals surface area contributed by atoms with E-state index < -0.39 is 0 Å². The van der Waals surface area contributed by atoms with Gasteiger partial charge in [0.05, 0.1) is 10.8 Å². The number of thioether (sulfide) groups is 2. The summed E-state index contributed by atoms with van der Waals surface area (Å²) < 4.78 is 6.34. The number of benzene rings is 1. The van der Waals surface area contributed by atoms with E-state index in [0.29, 0.717) is 22.1 Å². The topological polar surface area (TPSA) is 64.9 Å². The van der Waals surface area contributed by atoms with Crippen molar-refractivity contribution in [3.8, 4) is 11.5 Å². The smallest absolute Gasteiger partial charge is 0.260 e. The Morgan fingerprint density at radius 3 is 2.86 bits per heavy atom. The highest BCUT2D eigenvalue weighted by Gasteiger charge is 2.30. The maximum atomic E-state index is 6.01. The Labute approximate surface area is 140 Å². The predicted octanol–water partition coefficient (Wildman–Crippen LogP) is 4.38. The third-order valence-corrected chi connectivity index (χ3v) is 7.40. The van der Waals surface area contributed by atoms with E-state index in [-0.39, 0.29) is 5.25 Å². The first kappa shape index (κ1) is 15.2. The lowest BCUT2D eigenvalue weighted by Gasteiger charge is -2.29. The Kier molecular flexibility index (Phi) is 4.51. The molecule has 3 rings (SSSR count). The van der Waals surface area contributed by atoms with Crippen LogP contribution in [-0.2, 0) is 0 Å². The second-order valence-corrected chi connectivity index (χ2v) is 8.97. The average molecular weight is 386 g/mol. The monoisotopic (exact) mass is 385 g/mol. The van der Waals surface area contributed by atoms with E-state index in [1.807, 2.05) is 41.7 Å². The van der Waals surface area contributed by atoms with E-state index in [4.69, 9.17) is 10.3 Å². The van der Waals surface area contributed by atoms with E-state index in [2.05, 4.69) is 39.9 Å². The van der Waals surface area contributed by atoms with Crippen molar-refractivity contribution in [2.45, 2.75) is 29.6 Å². The number of halogens is 1. The van der Waals surface area contributed by atoms with Crippen LogP contribution in [0.1, 0.15) is 24.9 Å². The van der Waals surface area contributed by atoms with E-state index in [1.165, 1.54) is 0 Å². The number of aromatic nitrogens is 2. The summed E-state index contributed by atoms with van der Waals surface area (Å²) >= 11 is 7.28. The largest absolute Gasteiger partial charge is 0.398 e. The Hall–Kier alpha value is -0.660. The molecule has 21 heavy (non-hydrogen) atoms. The summed E-state index contributed by atoms with van der Waals surface area (Å²) in [5.41, 5.74) is 7.43. The van der Waals surface area contributed by atoms with Gasteiger partial charge in [-0.1, -0.05) is 34.9 Å². The zero-order chi connectivity index (χ0) is 15.0. The van der Waals surface area contributed by atoms with Gasteiger partial charge in [-0.2, -0.15) is 16.7 Å². The number of hydrogen-bond acceptors (Lipinski definition) is 6. The number of rotatable bonds is 2. The van der Waals surface area contributed by atoms with Crippen molar-refractivity contribution < 1.29 is 4.52 Å². The maximum Gasteiger partial charge on any atom is 0.260 e. The third-order valence-electron chi connectivity index (χ3n) is 3.52. The molecule has 0 spiro atoms. The molecule has 2 heterocycles. The molecule has 0 radical (unpaired) electrons. The minimum Gasteiger partial charge on any atom is -0.398 e. The summed E-state index contributed by atoms with van der Waals surface area (Å²) in [5.74, 6) is 2.28. The highest BCUT2D eigenvalue weighted by atomic mass is 79.9.